The molecule has 1 fully saturated rings. The second kappa shape index (κ2) is 10.0. The number of rotatable bonds is 5. The lowest BCUT2D eigenvalue weighted by atomic mass is 9.81. The molecule has 1 heterocycles. The van der Waals surface area contributed by atoms with Gasteiger partial charge in [-0.1, -0.05) is 42.5 Å². The lowest BCUT2D eigenvalue weighted by Crippen LogP contribution is -2.45. The number of nitrogens with one attached hydrogen (secondary N) is 3. The van der Waals surface area contributed by atoms with Gasteiger partial charge in [0.05, 0.1) is 0 Å². The third-order valence-corrected chi connectivity index (χ3v) is 6.00. The van der Waals surface area contributed by atoms with E-state index in [4.69, 9.17) is 0 Å². The summed E-state index contributed by atoms with van der Waals surface area (Å²) in [6.07, 6.45) is 4.73. The summed E-state index contributed by atoms with van der Waals surface area (Å²) < 4.78 is 0. The smallest absolute Gasteiger partial charge is 0.270 e. The zero-order chi connectivity index (χ0) is 22.3. The number of carbonyl (C=O) groups excluding carboxylic acids is 3. The minimum atomic E-state index is -0.332. The summed E-state index contributed by atoms with van der Waals surface area (Å²) >= 11 is 0. The first-order chi connectivity index (χ1) is 15.6. The van der Waals surface area contributed by atoms with Crippen LogP contribution in [0.3, 0.4) is 0 Å². The average molecular weight is 431 g/mol. The number of amides is 3. The molecule has 0 radical (unpaired) electrons. The van der Waals surface area contributed by atoms with Gasteiger partial charge >= 0.3 is 0 Å². The van der Waals surface area contributed by atoms with Crippen LogP contribution in [0.2, 0.25) is 0 Å². The van der Waals surface area contributed by atoms with Gasteiger partial charge in [-0.15, -0.1) is 0 Å². The number of aromatic nitrogens is 1. The van der Waals surface area contributed by atoms with Crippen molar-refractivity contribution in [3.8, 4) is 0 Å². The van der Waals surface area contributed by atoms with Crippen molar-refractivity contribution in [3.05, 3.63) is 78.1 Å². The van der Waals surface area contributed by atoms with Crippen molar-refractivity contribution in [3.63, 3.8) is 0 Å². The first-order valence-electron chi connectivity index (χ1n) is 10.9. The van der Waals surface area contributed by atoms with Gasteiger partial charge in [-0.2, -0.15) is 0 Å². The maximum atomic E-state index is 12.6. The van der Waals surface area contributed by atoms with E-state index in [0.29, 0.717) is 23.7 Å². The monoisotopic (exact) mass is 430 g/mol. The lowest BCUT2D eigenvalue weighted by Gasteiger charge is -2.27. The van der Waals surface area contributed by atoms with Crippen molar-refractivity contribution < 1.29 is 14.4 Å². The van der Waals surface area contributed by atoms with E-state index in [1.54, 1.807) is 30.5 Å². The second-order valence-electron chi connectivity index (χ2n) is 8.11. The van der Waals surface area contributed by atoms with Crippen LogP contribution in [0.5, 0.6) is 0 Å². The van der Waals surface area contributed by atoms with Crippen molar-refractivity contribution in [2.75, 3.05) is 6.54 Å². The number of carbonyl (C=O) groups is 3. The number of pyridine rings is 1. The number of benzene rings is 2. The Balaban J connectivity index is 1.22. The molecule has 1 aliphatic rings. The molecule has 0 aliphatic heterocycles. The molecule has 7 nitrogen and oxygen atoms in total. The van der Waals surface area contributed by atoms with Gasteiger partial charge < -0.3 is 5.32 Å². The van der Waals surface area contributed by atoms with Crippen LogP contribution in [-0.2, 0) is 4.79 Å². The van der Waals surface area contributed by atoms with E-state index in [1.165, 1.54) is 0 Å². The van der Waals surface area contributed by atoms with E-state index in [2.05, 4.69) is 21.2 Å². The van der Waals surface area contributed by atoms with Crippen molar-refractivity contribution in [1.29, 1.82) is 0 Å². The van der Waals surface area contributed by atoms with Gasteiger partial charge in [-0.3, -0.25) is 30.2 Å². The lowest BCUT2D eigenvalue weighted by molar-refractivity contribution is -0.127. The predicted octanol–water partition coefficient (Wildman–Crippen LogP) is 3.23. The van der Waals surface area contributed by atoms with Crippen molar-refractivity contribution in [1.82, 2.24) is 21.2 Å². The van der Waals surface area contributed by atoms with Gasteiger partial charge in [-0.05, 0) is 60.6 Å². The van der Waals surface area contributed by atoms with Crippen LogP contribution in [0.4, 0.5) is 0 Å². The maximum absolute atomic E-state index is 12.6. The Kier molecular flexibility index (Phi) is 6.75. The van der Waals surface area contributed by atoms with Gasteiger partial charge in [0.25, 0.3) is 11.8 Å². The highest BCUT2D eigenvalue weighted by atomic mass is 16.2. The molecule has 1 aromatic heterocycles. The largest absolute Gasteiger partial charge is 0.350 e. The number of fused-ring (bicyclic) bond motifs is 1. The Hall–Kier alpha value is -3.74. The topological polar surface area (TPSA) is 100 Å². The molecule has 0 unspecified atom stereocenters. The summed E-state index contributed by atoms with van der Waals surface area (Å²) in [5, 5.41) is 4.74. The fraction of sp³-hybridized carbons (Fsp3) is 0.280. The molecule has 1 aliphatic carbocycles. The Morgan fingerprint density at radius 1 is 0.812 bits per heavy atom. The van der Waals surface area contributed by atoms with Crippen LogP contribution in [0.25, 0.3) is 10.8 Å². The molecule has 7 heteroatoms. The van der Waals surface area contributed by atoms with E-state index in [1.807, 2.05) is 36.4 Å². The standard InChI is InChI=1S/C25H26N4O3/c30-23(28-29-24(31)21-9-5-7-18-6-1-2-8-20(18)21)19-13-11-17(12-14-19)16-27-25(32)22-10-3-4-15-26-22/h1-10,15,17,19H,11-14,16H2,(H,27,32)(H,28,30)(H,29,31). The minimum absolute atomic E-state index is 0.148. The first kappa shape index (κ1) is 21.5. The molecular weight excluding hydrogens is 404 g/mol. The Morgan fingerprint density at radius 2 is 1.56 bits per heavy atom. The third-order valence-electron chi connectivity index (χ3n) is 6.00. The fourth-order valence-corrected chi connectivity index (χ4v) is 4.16. The van der Waals surface area contributed by atoms with Crippen LogP contribution in [0.15, 0.2) is 66.9 Å². The second-order valence-corrected chi connectivity index (χ2v) is 8.11. The predicted molar refractivity (Wildman–Crippen MR) is 122 cm³/mol. The van der Waals surface area contributed by atoms with Crippen LogP contribution in [0, 0.1) is 11.8 Å². The molecule has 0 bridgehead atoms. The third kappa shape index (κ3) is 5.11. The Labute approximate surface area is 186 Å². The summed E-state index contributed by atoms with van der Waals surface area (Å²) in [7, 11) is 0. The quantitative estimate of drug-likeness (QED) is 0.541. The zero-order valence-corrected chi connectivity index (χ0v) is 17.7. The molecule has 0 spiro atoms. The van der Waals surface area contributed by atoms with Gasteiger partial charge in [0.2, 0.25) is 5.91 Å². The number of hydrogen-bond donors (Lipinski definition) is 3. The van der Waals surface area contributed by atoms with Crippen molar-refractivity contribution >= 4 is 28.5 Å². The minimum Gasteiger partial charge on any atom is -0.350 e. The summed E-state index contributed by atoms with van der Waals surface area (Å²) in [5.41, 5.74) is 6.07. The molecular formula is C25H26N4O3. The number of nitrogens with zero attached hydrogens (tertiary/aromatic N) is 1. The molecule has 0 atom stereocenters. The van der Waals surface area contributed by atoms with E-state index >= 15 is 0 Å². The van der Waals surface area contributed by atoms with Crippen LogP contribution in [0.1, 0.15) is 46.5 Å². The SMILES string of the molecule is O=C(NCC1CCC(C(=O)NNC(=O)c2cccc3ccccc23)CC1)c1ccccn1. The maximum Gasteiger partial charge on any atom is 0.270 e. The van der Waals surface area contributed by atoms with Crippen LogP contribution in [-0.4, -0.2) is 29.3 Å². The normalized spacial score (nSPS) is 18.0. The highest BCUT2D eigenvalue weighted by Gasteiger charge is 2.27. The Morgan fingerprint density at radius 3 is 2.34 bits per heavy atom. The zero-order valence-electron chi connectivity index (χ0n) is 17.7. The van der Waals surface area contributed by atoms with Crippen LogP contribution >= 0.6 is 0 Å². The molecule has 3 aromatic rings. The van der Waals surface area contributed by atoms with E-state index < -0.39 is 0 Å². The average Bonchev–Trinajstić information content (AvgIpc) is 2.86. The summed E-state index contributed by atoms with van der Waals surface area (Å²) in [5.74, 6) is -0.500. The van der Waals surface area contributed by atoms with Gasteiger partial charge in [0.1, 0.15) is 5.69 Å². The number of hydrazine groups is 1. The molecule has 2 aromatic carbocycles. The van der Waals surface area contributed by atoms with Crippen molar-refractivity contribution in [2.24, 2.45) is 11.8 Å². The molecule has 3 N–H and O–H groups in total. The Bertz CT molecular complexity index is 1100. The molecule has 0 saturated heterocycles. The molecule has 164 valence electrons. The number of hydrogen-bond acceptors (Lipinski definition) is 4. The van der Waals surface area contributed by atoms with Gasteiger partial charge in [-0.25, -0.2) is 0 Å². The van der Waals surface area contributed by atoms with Gasteiger partial charge in [0, 0.05) is 24.2 Å². The summed E-state index contributed by atoms with van der Waals surface area (Å²) in [4.78, 5) is 41.3. The molecule has 3 amide bonds. The molecule has 4 rings (SSSR count). The summed E-state index contributed by atoms with van der Waals surface area (Å²) in [6.45, 7) is 0.571. The van der Waals surface area contributed by atoms with Crippen molar-refractivity contribution in [2.45, 2.75) is 25.7 Å². The van der Waals surface area contributed by atoms with E-state index in [0.717, 1.165) is 36.5 Å². The first-order valence-corrected chi connectivity index (χ1v) is 10.9. The molecule has 1 saturated carbocycles. The van der Waals surface area contributed by atoms with Gasteiger partial charge in [0.15, 0.2) is 0 Å². The highest BCUT2D eigenvalue weighted by molar-refractivity contribution is 6.07. The highest BCUT2D eigenvalue weighted by Crippen LogP contribution is 2.28. The van der Waals surface area contributed by atoms with E-state index in [-0.39, 0.29) is 23.6 Å². The van der Waals surface area contributed by atoms with E-state index in [9.17, 15) is 14.4 Å². The fourth-order valence-electron chi connectivity index (χ4n) is 4.16. The molecule has 32 heavy (non-hydrogen) atoms. The van der Waals surface area contributed by atoms with Crippen LogP contribution < -0.4 is 16.2 Å². The summed E-state index contributed by atoms with van der Waals surface area (Å²) in [6, 6.07) is 18.4.